The number of benzene rings is 3. The van der Waals surface area contributed by atoms with E-state index in [0.717, 1.165) is 58.5 Å². The summed E-state index contributed by atoms with van der Waals surface area (Å²) in [5.74, 6) is 0.600. The average molecular weight is 564 g/mol. The van der Waals surface area contributed by atoms with E-state index in [0.29, 0.717) is 19.4 Å². The largest absolute Gasteiger partial charge is 0.489 e. The summed E-state index contributed by atoms with van der Waals surface area (Å²) in [5.41, 5.74) is 6.58. The van der Waals surface area contributed by atoms with Crippen LogP contribution >= 0.6 is 11.3 Å². The minimum atomic E-state index is -0.200. The van der Waals surface area contributed by atoms with Gasteiger partial charge in [0.1, 0.15) is 12.4 Å². The number of pyridine rings is 1. The molecule has 0 aliphatic heterocycles. The number of methoxy groups -OCH3 is 1. The van der Waals surface area contributed by atoms with Gasteiger partial charge in [0.25, 0.3) is 0 Å². The fourth-order valence-corrected chi connectivity index (χ4v) is 5.28. The molecule has 0 aliphatic rings. The number of thiazole rings is 1. The summed E-state index contributed by atoms with van der Waals surface area (Å²) >= 11 is 1.67. The molecule has 2 aromatic heterocycles. The number of ether oxygens (including phenoxy) is 2. The molecule has 3 aromatic carbocycles. The van der Waals surface area contributed by atoms with Crippen molar-refractivity contribution in [2.45, 2.75) is 32.4 Å². The number of rotatable bonds is 13. The molecule has 0 bridgehead atoms. The van der Waals surface area contributed by atoms with Crippen LogP contribution in [-0.4, -0.2) is 29.6 Å². The number of anilines is 1. The molecule has 5 aromatic rings. The van der Waals surface area contributed by atoms with Crippen LogP contribution in [0.15, 0.2) is 109 Å². The molecule has 6 nitrogen and oxygen atoms in total. The van der Waals surface area contributed by atoms with E-state index in [2.05, 4.69) is 57.7 Å². The number of aryl methyl sites for hydroxylation is 1. The summed E-state index contributed by atoms with van der Waals surface area (Å²) in [4.78, 5) is 23.2. The second-order valence-electron chi connectivity index (χ2n) is 9.70. The topological polar surface area (TPSA) is 64.6 Å². The number of hydrogen-bond donors (Lipinski definition) is 0. The van der Waals surface area contributed by atoms with Gasteiger partial charge in [-0.2, -0.15) is 0 Å². The first-order valence-electron chi connectivity index (χ1n) is 13.7. The second-order valence-corrected chi connectivity index (χ2v) is 10.5. The lowest BCUT2D eigenvalue weighted by atomic mass is 10.1. The number of carbonyl (C=O) groups is 1. The first kappa shape index (κ1) is 28.1. The van der Waals surface area contributed by atoms with Crippen LogP contribution in [0.4, 0.5) is 5.13 Å². The molecule has 0 saturated carbocycles. The molecule has 0 aliphatic carbocycles. The monoisotopic (exact) mass is 563 g/mol. The van der Waals surface area contributed by atoms with Crippen LogP contribution in [0.1, 0.15) is 28.8 Å². The Balaban J connectivity index is 1.21. The van der Waals surface area contributed by atoms with Crippen LogP contribution in [0.2, 0.25) is 0 Å². The molecule has 2 heterocycles. The van der Waals surface area contributed by atoms with Crippen molar-refractivity contribution in [3.05, 3.63) is 131 Å². The van der Waals surface area contributed by atoms with Crippen molar-refractivity contribution in [1.82, 2.24) is 9.97 Å². The smallest absolute Gasteiger partial charge is 0.305 e. The maximum absolute atomic E-state index is 11.4. The van der Waals surface area contributed by atoms with Crippen LogP contribution in [-0.2, 0) is 35.5 Å². The minimum absolute atomic E-state index is 0.200. The molecule has 7 heteroatoms. The Morgan fingerprint density at radius 1 is 0.829 bits per heavy atom. The first-order valence-corrected chi connectivity index (χ1v) is 14.6. The maximum Gasteiger partial charge on any atom is 0.305 e. The molecule has 0 N–H and O–H groups in total. The van der Waals surface area contributed by atoms with Gasteiger partial charge in [-0.3, -0.25) is 9.78 Å². The van der Waals surface area contributed by atoms with Crippen LogP contribution in [0, 0.1) is 0 Å². The first-order chi connectivity index (χ1) is 20.2. The Bertz CT molecular complexity index is 1500. The van der Waals surface area contributed by atoms with Gasteiger partial charge in [0, 0.05) is 48.8 Å². The third kappa shape index (κ3) is 8.25. The van der Waals surface area contributed by atoms with Crippen LogP contribution in [0.3, 0.4) is 0 Å². The van der Waals surface area contributed by atoms with Crippen molar-refractivity contribution >= 4 is 22.4 Å². The average Bonchev–Trinajstić information content (AvgIpc) is 3.53. The summed E-state index contributed by atoms with van der Waals surface area (Å²) in [5, 5.41) is 3.13. The molecule has 0 radical (unpaired) electrons. The maximum atomic E-state index is 11.4. The number of hydrogen-bond acceptors (Lipinski definition) is 7. The molecular formula is C34H33N3O3S. The van der Waals surface area contributed by atoms with E-state index in [4.69, 9.17) is 14.5 Å². The number of aromatic nitrogens is 2. The van der Waals surface area contributed by atoms with E-state index in [1.165, 1.54) is 12.7 Å². The van der Waals surface area contributed by atoms with E-state index < -0.39 is 0 Å². The number of carbonyl (C=O) groups excluding carboxylic acids is 1. The zero-order valence-electron chi connectivity index (χ0n) is 23.1. The van der Waals surface area contributed by atoms with E-state index in [-0.39, 0.29) is 5.97 Å². The number of nitrogens with zero attached hydrogens (tertiary/aromatic N) is 3. The predicted molar refractivity (Wildman–Crippen MR) is 164 cm³/mol. The van der Waals surface area contributed by atoms with Crippen molar-refractivity contribution in [3.63, 3.8) is 0 Å². The highest BCUT2D eigenvalue weighted by atomic mass is 32.1. The molecule has 0 spiro atoms. The molecule has 5 rings (SSSR count). The lowest BCUT2D eigenvalue weighted by Crippen LogP contribution is -2.25. The summed E-state index contributed by atoms with van der Waals surface area (Å²) < 4.78 is 10.7. The zero-order chi connectivity index (χ0) is 28.3. The highest BCUT2D eigenvalue weighted by Crippen LogP contribution is 2.28. The normalized spacial score (nSPS) is 10.8. The van der Waals surface area contributed by atoms with Gasteiger partial charge < -0.3 is 14.4 Å². The van der Waals surface area contributed by atoms with E-state index >= 15 is 0 Å². The standard InChI is InChI=1S/C34H33N3O3S/c1-39-33(38)19-16-26-14-17-31(18-15-26)40-24-28-12-10-27(11-13-28)23-37(22-20-30-9-5-6-21-35-30)34-36-32(25-41-34)29-7-3-2-4-8-29/h2-15,17-18,21,25H,16,19-20,22-24H2,1H3. The van der Waals surface area contributed by atoms with Gasteiger partial charge in [-0.05, 0) is 47.4 Å². The van der Waals surface area contributed by atoms with Gasteiger partial charge in [-0.25, -0.2) is 4.98 Å². The highest BCUT2D eigenvalue weighted by molar-refractivity contribution is 7.14. The highest BCUT2D eigenvalue weighted by Gasteiger charge is 2.14. The number of esters is 1. The molecule has 0 saturated heterocycles. The molecule has 0 amide bonds. The van der Waals surface area contributed by atoms with Gasteiger partial charge in [0.05, 0.1) is 12.8 Å². The van der Waals surface area contributed by atoms with Crippen molar-refractivity contribution in [3.8, 4) is 17.0 Å². The van der Waals surface area contributed by atoms with Crippen molar-refractivity contribution in [2.75, 3.05) is 18.6 Å². The van der Waals surface area contributed by atoms with Gasteiger partial charge in [0.2, 0.25) is 0 Å². The summed E-state index contributed by atoms with van der Waals surface area (Å²) in [6.45, 7) is 2.06. The Hall–Kier alpha value is -4.49. The van der Waals surface area contributed by atoms with E-state index in [1.54, 1.807) is 11.3 Å². The van der Waals surface area contributed by atoms with Gasteiger partial charge in [-0.1, -0.05) is 72.8 Å². The molecule has 0 unspecified atom stereocenters. The lowest BCUT2D eigenvalue weighted by Gasteiger charge is -2.22. The molecular weight excluding hydrogens is 530 g/mol. The summed E-state index contributed by atoms with van der Waals surface area (Å²) in [6.07, 6.45) is 3.72. The molecule has 41 heavy (non-hydrogen) atoms. The quantitative estimate of drug-likeness (QED) is 0.142. The fourth-order valence-electron chi connectivity index (χ4n) is 4.42. The van der Waals surface area contributed by atoms with Crippen molar-refractivity contribution in [1.29, 1.82) is 0 Å². The van der Waals surface area contributed by atoms with Gasteiger partial charge >= 0.3 is 5.97 Å². The molecule has 0 atom stereocenters. The van der Waals surface area contributed by atoms with Crippen molar-refractivity contribution < 1.29 is 14.3 Å². The van der Waals surface area contributed by atoms with Gasteiger partial charge in [-0.15, -0.1) is 11.3 Å². The fraction of sp³-hybridized carbons (Fsp3) is 0.206. The van der Waals surface area contributed by atoms with Gasteiger partial charge in [0.15, 0.2) is 5.13 Å². The predicted octanol–water partition coefficient (Wildman–Crippen LogP) is 7.14. The Labute approximate surface area is 245 Å². The Morgan fingerprint density at radius 2 is 1.56 bits per heavy atom. The van der Waals surface area contributed by atoms with E-state index in [1.807, 2.05) is 60.8 Å². The molecule has 208 valence electrons. The van der Waals surface area contributed by atoms with E-state index in [9.17, 15) is 4.79 Å². The Morgan fingerprint density at radius 3 is 2.29 bits per heavy atom. The summed E-state index contributed by atoms with van der Waals surface area (Å²) in [6, 6.07) is 32.8. The SMILES string of the molecule is COC(=O)CCc1ccc(OCc2ccc(CN(CCc3ccccn3)c3nc(-c4ccccc4)cs3)cc2)cc1. The summed E-state index contributed by atoms with van der Waals surface area (Å²) in [7, 11) is 1.41. The third-order valence-corrected chi connectivity index (χ3v) is 7.67. The minimum Gasteiger partial charge on any atom is -0.489 e. The van der Waals surface area contributed by atoms with Crippen LogP contribution < -0.4 is 9.64 Å². The van der Waals surface area contributed by atoms with Crippen molar-refractivity contribution in [2.24, 2.45) is 0 Å². The third-order valence-electron chi connectivity index (χ3n) is 6.77. The molecule has 0 fully saturated rings. The second kappa shape index (κ2) is 14.2. The Kier molecular flexibility index (Phi) is 9.74. The lowest BCUT2D eigenvalue weighted by molar-refractivity contribution is -0.140. The zero-order valence-corrected chi connectivity index (χ0v) is 23.9. The van der Waals surface area contributed by atoms with Crippen LogP contribution in [0.5, 0.6) is 5.75 Å². The van der Waals surface area contributed by atoms with Crippen LogP contribution in [0.25, 0.3) is 11.3 Å².